The molecule has 0 aliphatic heterocycles. The quantitative estimate of drug-likeness (QED) is 0.233. The molecule has 0 heterocycles. The lowest BCUT2D eigenvalue weighted by molar-refractivity contribution is 0.0988. The van der Waals surface area contributed by atoms with Gasteiger partial charge < -0.3 is 19.1 Å². The van der Waals surface area contributed by atoms with Gasteiger partial charge in [-0.1, -0.05) is 42.5 Å². The molecule has 0 fully saturated rings. The van der Waals surface area contributed by atoms with Gasteiger partial charge in [-0.25, -0.2) is 0 Å². The molecule has 1 amide bonds. The van der Waals surface area contributed by atoms with Crippen LogP contribution in [0.15, 0.2) is 91.0 Å². The third kappa shape index (κ3) is 5.93. The first-order valence-corrected chi connectivity index (χ1v) is 13.5. The predicted molar refractivity (Wildman–Crippen MR) is 155 cm³/mol. The molecule has 0 N–H and O–H groups in total. The summed E-state index contributed by atoms with van der Waals surface area (Å²) in [5.74, 6) is 2.64. The van der Waals surface area contributed by atoms with Gasteiger partial charge in [-0.15, -0.1) is 0 Å². The van der Waals surface area contributed by atoms with Crippen LogP contribution in [0.3, 0.4) is 0 Å². The van der Waals surface area contributed by atoms with E-state index in [0.29, 0.717) is 24.6 Å². The summed E-state index contributed by atoms with van der Waals surface area (Å²) in [4.78, 5) is 15.7. The number of carbonyl (C=O) groups excluding carboxylic acids is 1. The lowest BCUT2D eigenvalue weighted by atomic mass is 9.79. The second-order valence-corrected chi connectivity index (χ2v) is 9.85. The Morgan fingerprint density at radius 1 is 0.821 bits per heavy atom. The molecule has 0 spiro atoms. The van der Waals surface area contributed by atoms with Crippen LogP contribution in [0.5, 0.6) is 17.2 Å². The maximum absolute atomic E-state index is 13.8. The smallest absolute Gasteiger partial charge is 0.258 e. The molecule has 39 heavy (non-hydrogen) atoms. The largest absolute Gasteiger partial charge is 0.497 e. The summed E-state index contributed by atoms with van der Waals surface area (Å²) in [7, 11) is 3.37. The van der Waals surface area contributed by atoms with Crippen molar-refractivity contribution in [2.24, 2.45) is 0 Å². The molecular weight excluding hydrogens is 486 g/mol. The second-order valence-electron chi connectivity index (χ2n) is 9.85. The molecule has 0 saturated carbocycles. The number of nitrogens with zero attached hydrogens (tertiary/aromatic N) is 1. The number of aryl methyl sites for hydroxylation is 1. The van der Waals surface area contributed by atoms with Gasteiger partial charge in [0.05, 0.1) is 19.9 Å². The van der Waals surface area contributed by atoms with E-state index < -0.39 is 0 Å². The van der Waals surface area contributed by atoms with Gasteiger partial charge in [-0.05, 0) is 96.8 Å². The number of rotatable bonds is 9. The van der Waals surface area contributed by atoms with Crippen LogP contribution in [0, 0.1) is 0 Å². The Bertz CT molecular complexity index is 1420. The number of fused-ring (bicyclic) bond motifs is 1. The van der Waals surface area contributed by atoms with Crippen molar-refractivity contribution in [2.45, 2.75) is 38.7 Å². The van der Waals surface area contributed by atoms with Crippen molar-refractivity contribution in [1.29, 1.82) is 0 Å². The molecule has 1 aliphatic rings. The number of carbonyl (C=O) groups is 1. The average Bonchev–Trinajstić information content (AvgIpc) is 3.00. The lowest BCUT2D eigenvalue weighted by Crippen LogP contribution is -2.32. The standard InChI is InChI=1S/C34H35NO4/c1-4-35(34(36)25-12-15-29(16-13-25)39-23-24-8-6-5-7-9-24)33-22-31(38-3)18-19-32(33)28-11-10-27-21-30(37-2)17-14-26(27)20-28/h5-9,12-19,21-22,28H,4,10-11,20,23H2,1-3H3. The highest BCUT2D eigenvalue weighted by Crippen LogP contribution is 2.40. The summed E-state index contributed by atoms with van der Waals surface area (Å²) in [6.07, 6.45) is 2.92. The van der Waals surface area contributed by atoms with E-state index in [1.807, 2.05) is 84.6 Å². The zero-order valence-corrected chi connectivity index (χ0v) is 22.9. The van der Waals surface area contributed by atoms with E-state index >= 15 is 0 Å². The predicted octanol–water partition coefficient (Wildman–Crippen LogP) is 7.22. The van der Waals surface area contributed by atoms with Crippen LogP contribution in [-0.4, -0.2) is 26.7 Å². The van der Waals surface area contributed by atoms with Gasteiger partial charge in [0.1, 0.15) is 23.9 Å². The van der Waals surface area contributed by atoms with Gasteiger partial charge in [0, 0.05) is 18.2 Å². The van der Waals surface area contributed by atoms with E-state index in [1.165, 1.54) is 16.7 Å². The Morgan fingerprint density at radius 3 is 2.23 bits per heavy atom. The van der Waals surface area contributed by atoms with Crippen LogP contribution in [-0.2, 0) is 19.4 Å². The third-order valence-corrected chi connectivity index (χ3v) is 7.52. The topological polar surface area (TPSA) is 48.0 Å². The first kappa shape index (κ1) is 26.4. The van der Waals surface area contributed by atoms with E-state index in [0.717, 1.165) is 47.8 Å². The Hall–Kier alpha value is -4.25. The summed E-state index contributed by atoms with van der Waals surface area (Å²) in [5.41, 5.74) is 6.50. The van der Waals surface area contributed by atoms with Crippen molar-refractivity contribution in [3.63, 3.8) is 0 Å². The molecule has 0 radical (unpaired) electrons. The minimum atomic E-state index is -0.0393. The maximum Gasteiger partial charge on any atom is 0.258 e. The van der Waals surface area contributed by atoms with Crippen LogP contribution in [0.4, 0.5) is 5.69 Å². The highest BCUT2D eigenvalue weighted by Gasteiger charge is 2.27. The van der Waals surface area contributed by atoms with E-state index in [-0.39, 0.29) is 5.91 Å². The van der Waals surface area contributed by atoms with E-state index in [4.69, 9.17) is 14.2 Å². The number of methoxy groups -OCH3 is 2. The summed E-state index contributed by atoms with van der Waals surface area (Å²) >= 11 is 0. The summed E-state index contributed by atoms with van der Waals surface area (Å²) in [6, 6.07) is 29.9. The zero-order valence-electron chi connectivity index (χ0n) is 22.9. The van der Waals surface area contributed by atoms with E-state index in [9.17, 15) is 4.79 Å². The number of hydrogen-bond acceptors (Lipinski definition) is 4. The molecular formula is C34H35NO4. The first-order valence-electron chi connectivity index (χ1n) is 13.5. The normalized spacial score (nSPS) is 14.3. The Morgan fingerprint density at radius 2 is 1.51 bits per heavy atom. The number of ether oxygens (including phenoxy) is 3. The molecule has 1 aliphatic carbocycles. The fraction of sp³-hybridized carbons (Fsp3) is 0.265. The fourth-order valence-corrected chi connectivity index (χ4v) is 5.37. The van der Waals surface area contributed by atoms with Crippen LogP contribution in [0.25, 0.3) is 0 Å². The van der Waals surface area contributed by atoms with Crippen LogP contribution in [0.2, 0.25) is 0 Å². The summed E-state index contributed by atoms with van der Waals surface area (Å²) in [6.45, 7) is 3.05. The van der Waals surface area contributed by atoms with Crippen molar-refractivity contribution in [1.82, 2.24) is 0 Å². The highest BCUT2D eigenvalue weighted by molar-refractivity contribution is 6.06. The Kier molecular flexibility index (Phi) is 8.16. The fourth-order valence-electron chi connectivity index (χ4n) is 5.37. The van der Waals surface area contributed by atoms with Crippen LogP contribution in [0.1, 0.15) is 51.9 Å². The molecule has 0 saturated heterocycles. The number of anilines is 1. The summed E-state index contributed by atoms with van der Waals surface area (Å²) < 4.78 is 16.9. The molecule has 5 nitrogen and oxygen atoms in total. The number of hydrogen-bond donors (Lipinski definition) is 0. The van der Waals surface area contributed by atoms with Crippen molar-refractivity contribution in [2.75, 3.05) is 25.7 Å². The van der Waals surface area contributed by atoms with Crippen molar-refractivity contribution in [3.05, 3.63) is 119 Å². The zero-order chi connectivity index (χ0) is 27.2. The SMILES string of the molecule is CCN(C(=O)c1ccc(OCc2ccccc2)cc1)c1cc(OC)ccc1C1CCc2cc(OC)ccc2C1. The Balaban J connectivity index is 1.38. The molecule has 0 aromatic heterocycles. The Labute approximate surface area is 231 Å². The van der Waals surface area contributed by atoms with Gasteiger partial charge in [0.2, 0.25) is 0 Å². The van der Waals surface area contributed by atoms with Crippen molar-refractivity contribution in [3.8, 4) is 17.2 Å². The summed E-state index contributed by atoms with van der Waals surface area (Å²) in [5, 5.41) is 0. The second kappa shape index (κ2) is 12.1. The minimum absolute atomic E-state index is 0.0393. The van der Waals surface area contributed by atoms with Gasteiger partial charge in [-0.2, -0.15) is 0 Å². The van der Waals surface area contributed by atoms with Crippen molar-refractivity contribution >= 4 is 11.6 Å². The molecule has 5 rings (SSSR count). The average molecular weight is 522 g/mol. The molecule has 200 valence electrons. The van der Waals surface area contributed by atoms with Gasteiger partial charge >= 0.3 is 0 Å². The molecule has 0 bridgehead atoms. The van der Waals surface area contributed by atoms with Gasteiger partial charge in [0.25, 0.3) is 5.91 Å². The molecule has 4 aromatic carbocycles. The van der Waals surface area contributed by atoms with E-state index in [2.05, 4.69) is 18.2 Å². The molecule has 4 aromatic rings. The third-order valence-electron chi connectivity index (χ3n) is 7.52. The lowest BCUT2D eigenvalue weighted by Gasteiger charge is -2.31. The molecule has 5 heteroatoms. The van der Waals surface area contributed by atoms with Crippen LogP contribution < -0.4 is 19.1 Å². The maximum atomic E-state index is 13.8. The monoisotopic (exact) mass is 521 g/mol. The van der Waals surface area contributed by atoms with Gasteiger partial charge in [0.15, 0.2) is 0 Å². The van der Waals surface area contributed by atoms with E-state index in [1.54, 1.807) is 14.2 Å². The first-order chi connectivity index (χ1) is 19.1. The number of amides is 1. The number of benzene rings is 4. The molecule has 1 atom stereocenters. The van der Waals surface area contributed by atoms with Crippen molar-refractivity contribution < 1.29 is 19.0 Å². The minimum Gasteiger partial charge on any atom is -0.497 e. The van der Waals surface area contributed by atoms with Gasteiger partial charge in [-0.3, -0.25) is 4.79 Å². The van der Waals surface area contributed by atoms with Crippen LogP contribution >= 0.6 is 0 Å². The molecule has 1 unspecified atom stereocenters. The highest BCUT2D eigenvalue weighted by atomic mass is 16.5.